The second kappa shape index (κ2) is 8.69. The van der Waals surface area contributed by atoms with Crippen LogP contribution in [0.1, 0.15) is 25.3 Å². The van der Waals surface area contributed by atoms with Gasteiger partial charge in [0.1, 0.15) is 11.6 Å². The van der Waals surface area contributed by atoms with E-state index in [-0.39, 0.29) is 0 Å². The second-order valence-electron chi connectivity index (χ2n) is 6.30. The summed E-state index contributed by atoms with van der Waals surface area (Å²) in [6.45, 7) is 8.22. The minimum absolute atomic E-state index is 0.811. The quantitative estimate of drug-likeness (QED) is 0.728. The molecule has 0 spiro atoms. The Kier molecular flexibility index (Phi) is 6.07. The molecule has 0 saturated carbocycles. The van der Waals surface area contributed by atoms with Crippen molar-refractivity contribution < 1.29 is 4.74 Å². The van der Waals surface area contributed by atoms with Crippen LogP contribution >= 0.6 is 0 Å². The van der Waals surface area contributed by atoms with Crippen LogP contribution in [-0.2, 0) is 6.54 Å². The fourth-order valence-corrected chi connectivity index (χ4v) is 2.96. The lowest BCUT2D eigenvalue weighted by atomic mass is 10.2. The van der Waals surface area contributed by atoms with E-state index in [4.69, 9.17) is 4.74 Å². The Morgan fingerprint density at radius 3 is 2.46 bits per heavy atom. The van der Waals surface area contributed by atoms with Gasteiger partial charge in [-0.2, -0.15) is 0 Å². The summed E-state index contributed by atoms with van der Waals surface area (Å²) in [6, 6.07) is 14.7. The van der Waals surface area contributed by atoms with E-state index in [1.807, 2.05) is 12.3 Å². The molecule has 2 aromatic rings. The van der Waals surface area contributed by atoms with E-state index in [1.165, 1.54) is 12.0 Å². The number of hydrogen-bond acceptors (Lipinski definition) is 4. The zero-order chi connectivity index (χ0) is 16.6. The summed E-state index contributed by atoms with van der Waals surface area (Å²) in [5.41, 5.74) is 1.35. The molecular formula is C20H27N3O. The predicted molar refractivity (Wildman–Crippen MR) is 98.6 cm³/mol. The van der Waals surface area contributed by atoms with Crippen molar-refractivity contribution in [1.29, 1.82) is 0 Å². The lowest BCUT2D eigenvalue weighted by Crippen LogP contribution is -2.46. The molecule has 1 aromatic heterocycles. The van der Waals surface area contributed by atoms with Gasteiger partial charge in [0.15, 0.2) is 0 Å². The Balaban J connectivity index is 1.46. The zero-order valence-corrected chi connectivity index (χ0v) is 14.5. The average Bonchev–Trinajstić information content (AvgIpc) is 2.65. The van der Waals surface area contributed by atoms with E-state index in [0.29, 0.717) is 0 Å². The highest BCUT2D eigenvalue weighted by molar-refractivity contribution is 5.38. The van der Waals surface area contributed by atoms with Crippen molar-refractivity contribution in [3.63, 3.8) is 0 Å². The number of nitrogens with zero attached hydrogens (tertiary/aromatic N) is 3. The standard InChI is InChI=1S/C20H27N3O/c1-2-3-16-24-19-9-7-18(8-10-19)17-22-12-14-23(15-13-22)20-6-4-5-11-21-20/h4-11H,2-3,12-17H2,1H3. The lowest BCUT2D eigenvalue weighted by molar-refractivity contribution is 0.249. The summed E-state index contributed by atoms with van der Waals surface area (Å²) in [7, 11) is 0. The molecule has 24 heavy (non-hydrogen) atoms. The number of anilines is 1. The molecule has 0 unspecified atom stereocenters. The highest BCUT2D eigenvalue weighted by Crippen LogP contribution is 2.17. The average molecular weight is 325 g/mol. The Hall–Kier alpha value is -2.07. The van der Waals surface area contributed by atoms with Crippen molar-refractivity contribution in [3.05, 3.63) is 54.2 Å². The van der Waals surface area contributed by atoms with Crippen LogP contribution in [0.4, 0.5) is 5.82 Å². The van der Waals surface area contributed by atoms with Gasteiger partial charge in [0.2, 0.25) is 0 Å². The molecule has 1 fully saturated rings. The molecule has 0 aliphatic carbocycles. The maximum absolute atomic E-state index is 5.73. The number of rotatable bonds is 7. The molecule has 1 aliphatic rings. The monoisotopic (exact) mass is 325 g/mol. The molecule has 2 heterocycles. The number of hydrogen-bond donors (Lipinski definition) is 0. The third-order valence-corrected chi connectivity index (χ3v) is 4.44. The fraction of sp³-hybridized carbons (Fsp3) is 0.450. The Morgan fingerprint density at radius 2 is 1.79 bits per heavy atom. The van der Waals surface area contributed by atoms with Crippen LogP contribution in [0.2, 0.25) is 0 Å². The number of aromatic nitrogens is 1. The van der Waals surface area contributed by atoms with Crippen molar-refractivity contribution in [2.24, 2.45) is 0 Å². The van der Waals surface area contributed by atoms with Crippen LogP contribution in [0.5, 0.6) is 5.75 Å². The molecule has 1 aliphatic heterocycles. The van der Waals surface area contributed by atoms with E-state index in [9.17, 15) is 0 Å². The van der Waals surface area contributed by atoms with Gasteiger partial charge in [0.05, 0.1) is 6.61 Å². The van der Waals surface area contributed by atoms with E-state index in [1.54, 1.807) is 0 Å². The SMILES string of the molecule is CCCCOc1ccc(CN2CCN(c3ccccn3)CC2)cc1. The minimum atomic E-state index is 0.811. The Labute approximate surface area is 145 Å². The molecule has 1 aromatic carbocycles. The number of benzene rings is 1. The van der Waals surface area contributed by atoms with Crippen LogP contribution in [0.25, 0.3) is 0 Å². The summed E-state index contributed by atoms with van der Waals surface area (Å²) in [4.78, 5) is 9.31. The molecule has 3 rings (SSSR count). The summed E-state index contributed by atoms with van der Waals surface area (Å²) in [6.07, 6.45) is 4.15. The zero-order valence-electron chi connectivity index (χ0n) is 14.5. The maximum atomic E-state index is 5.73. The molecule has 1 saturated heterocycles. The predicted octanol–water partition coefficient (Wildman–Crippen LogP) is 3.58. The van der Waals surface area contributed by atoms with E-state index < -0.39 is 0 Å². The van der Waals surface area contributed by atoms with E-state index >= 15 is 0 Å². The topological polar surface area (TPSA) is 28.6 Å². The summed E-state index contributed by atoms with van der Waals surface area (Å²) >= 11 is 0. The van der Waals surface area contributed by atoms with Gasteiger partial charge in [0.25, 0.3) is 0 Å². The number of unbranched alkanes of at least 4 members (excludes halogenated alkanes) is 1. The van der Waals surface area contributed by atoms with Crippen molar-refractivity contribution in [1.82, 2.24) is 9.88 Å². The van der Waals surface area contributed by atoms with Crippen LogP contribution in [-0.4, -0.2) is 42.7 Å². The minimum Gasteiger partial charge on any atom is -0.494 e. The van der Waals surface area contributed by atoms with Gasteiger partial charge in [0, 0.05) is 38.9 Å². The summed E-state index contributed by atoms with van der Waals surface area (Å²) in [5, 5.41) is 0. The normalized spacial score (nSPS) is 15.5. The largest absolute Gasteiger partial charge is 0.494 e. The van der Waals surface area contributed by atoms with Gasteiger partial charge in [-0.25, -0.2) is 4.98 Å². The lowest BCUT2D eigenvalue weighted by Gasteiger charge is -2.35. The summed E-state index contributed by atoms with van der Waals surface area (Å²) in [5.74, 6) is 2.07. The van der Waals surface area contributed by atoms with Crippen LogP contribution < -0.4 is 9.64 Å². The van der Waals surface area contributed by atoms with Crippen molar-refractivity contribution in [2.45, 2.75) is 26.3 Å². The number of pyridine rings is 1. The van der Waals surface area contributed by atoms with Crippen LogP contribution in [0.3, 0.4) is 0 Å². The van der Waals surface area contributed by atoms with Gasteiger partial charge in [-0.3, -0.25) is 4.90 Å². The maximum Gasteiger partial charge on any atom is 0.128 e. The number of ether oxygens (including phenoxy) is 1. The van der Waals surface area contributed by atoms with Gasteiger partial charge in [-0.1, -0.05) is 31.5 Å². The molecule has 0 radical (unpaired) electrons. The second-order valence-corrected chi connectivity index (χ2v) is 6.30. The third-order valence-electron chi connectivity index (χ3n) is 4.44. The molecule has 0 N–H and O–H groups in total. The molecule has 4 nitrogen and oxygen atoms in total. The first-order valence-electron chi connectivity index (χ1n) is 8.95. The smallest absolute Gasteiger partial charge is 0.128 e. The molecular weight excluding hydrogens is 298 g/mol. The molecule has 0 atom stereocenters. The van der Waals surface area contributed by atoms with Crippen molar-refractivity contribution in [2.75, 3.05) is 37.7 Å². The highest BCUT2D eigenvalue weighted by atomic mass is 16.5. The fourth-order valence-electron chi connectivity index (χ4n) is 2.96. The van der Waals surface area contributed by atoms with E-state index in [2.05, 4.69) is 58.1 Å². The van der Waals surface area contributed by atoms with Gasteiger partial charge in [-0.15, -0.1) is 0 Å². The molecule has 4 heteroatoms. The van der Waals surface area contributed by atoms with Crippen LogP contribution in [0.15, 0.2) is 48.7 Å². The van der Waals surface area contributed by atoms with Crippen molar-refractivity contribution >= 4 is 5.82 Å². The van der Waals surface area contributed by atoms with E-state index in [0.717, 1.165) is 57.3 Å². The molecule has 128 valence electrons. The first-order valence-corrected chi connectivity index (χ1v) is 8.95. The first-order chi connectivity index (χ1) is 11.8. The number of piperazine rings is 1. The summed E-state index contributed by atoms with van der Waals surface area (Å²) < 4.78 is 5.73. The Bertz CT molecular complexity index is 592. The first kappa shape index (κ1) is 16.8. The van der Waals surface area contributed by atoms with Gasteiger partial charge < -0.3 is 9.64 Å². The third kappa shape index (κ3) is 4.71. The highest BCUT2D eigenvalue weighted by Gasteiger charge is 2.17. The van der Waals surface area contributed by atoms with Gasteiger partial charge >= 0.3 is 0 Å². The Morgan fingerprint density at radius 1 is 1.00 bits per heavy atom. The van der Waals surface area contributed by atoms with Gasteiger partial charge in [-0.05, 0) is 36.2 Å². The van der Waals surface area contributed by atoms with Crippen molar-refractivity contribution in [3.8, 4) is 5.75 Å². The molecule has 0 bridgehead atoms. The molecule has 0 amide bonds. The van der Waals surface area contributed by atoms with Crippen LogP contribution in [0, 0.1) is 0 Å².